The molecular formula is C24H24ClN3O2S. The number of nitrogens with zero attached hydrogens (tertiary/aromatic N) is 2. The second kappa shape index (κ2) is 8.38. The SMILES string of the molecule is Cc1ccc(S(=O)(=O)N2NC(c3ccc(Cl)cc3)=C[C@H]2c2ccc(N(C)C)cc2)cc1. The van der Waals surface area contributed by atoms with Crippen molar-refractivity contribution in [2.75, 3.05) is 19.0 Å². The smallest absolute Gasteiger partial charge is 0.260 e. The number of anilines is 1. The van der Waals surface area contributed by atoms with Crippen LogP contribution in [0.1, 0.15) is 22.7 Å². The summed E-state index contributed by atoms with van der Waals surface area (Å²) < 4.78 is 28.4. The first-order chi connectivity index (χ1) is 14.8. The van der Waals surface area contributed by atoms with E-state index in [4.69, 9.17) is 11.6 Å². The van der Waals surface area contributed by atoms with Crippen LogP contribution in [0.15, 0.2) is 83.8 Å². The van der Waals surface area contributed by atoms with E-state index in [-0.39, 0.29) is 4.90 Å². The maximum Gasteiger partial charge on any atom is 0.260 e. The first-order valence-corrected chi connectivity index (χ1v) is 11.7. The number of halogens is 1. The van der Waals surface area contributed by atoms with Crippen molar-refractivity contribution in [1.29, 1.82) is 0 Å². The number of sulfonamides is 1. The number of hydrazine groups is 1. The van der Waals surface area contributed by atoms with Gasteiger partial charge in [0.2, 0.25) is 0 Å². The van der Waals surface area contributed by atoms with Gasteiger partial charge in [-0.3, -0.25) is 0 Å². The molecular weight excluding hydrogens is 430 g/mol. The minimum atomic E-state index is -3.79. The number of nitrogens with one attached hydrogen (secondary N) is 1. The van der Waals surface area contributed by atoms with E-state index in [9.17, 15) is 8.42 Å². The highest BCUT2D eigenvalue weighted by Gasteiger charge is 2.37. The molecule has 0 unspecified atom stereocenters. The van der Waals surface area contributed by atoms with E-state index >= 15 is 0 Å². The summed E-state index contributed by atoms with van der Waals surface area (Å²) in [7, 11) is 0.147. The Hall–Kier alpha value is -2.80. The van der Waals surface area contributed by atoms with E-state index in [0.29, 0.717) is 10.7 Å². The molecule has 0 radical (unpaired) electrons. The lowest BCUT2D eigenvalue weighted by Gasteiger charge is -2.25. The summed E-state index contributed by atoms with van der Waals surface area (Å²) in [6.07, 6.45) is 1.93. The van der Waals surface area contributed by atoms with Gasteiger partial charge in [-0.15, -0.1) is 4.41 Å². The van der Waals surface area contributed by atoms with Crippen molar-refractivity contribution in [3.8, 4) is 0 Å². The van der Waals surface area contributed by atoms with Crippen LogP contribution in [0, 0.1) is 6.92 Å². The van der Waals surface area contributed by atoms with Gasteiger partial charge in [-0.2, -0.15) is 0 Å². The van der Waals surface area contributed by atoms with Crippen molar-refractivity contribution >= 4 is 33.0 Å². The monoisotopic (exact) mass is 453 g/mol. The highest BCUT2D eigenvalue weighted by Crippen LogP contribution is 2.36. The molecule has 1 heterocycles. The van der Waals surface area contributed by atoms with Crippen molar-refractivity contribution in [1.82, 2.24) is 9.84 Å². The highest BCUT2D eigenvalue weighted by molar-refractivity contribution is 7.89. The molecule has 0 aromatic heterocycles. The van der Waals surface area contributed by atoms with Crippen LogP contribution in [-0.2, 0) is 10.0 Å². The molecule has 160 valence electrons. The first-order valence-electron chi connectivity index (χ1n) is 9.88. The highest BCUT2D eigenvalue weighted by atomic mass is 35.5. The lowest BCUT2D eigenvalue weighted by molar-refractivity contribution is 0.348. The second-order valence-corrected chi connectivity index (χ2v) is 10.00. The number of benzene rings is 3. The van der Waals surface area contributed by atoms with Crippen LogP contribution in [0.3, 0.4) is 0 Å². The van der Waals surface area contributed by atoms with Gasteiger partial charge in [-0.25, -0.2) is 8.42 Å². The fourth-order valence-corrected chi connectivity index (χ4v) is 5.01. The van der Waals surface area contributed by atoms with E-state index < -0.39 is 16.1 Å². The zero-order valence-corrected chi connectivity index (χ0v) is 19.2. The quantitative estimate of drug-likeness (QED) is 0.590. The minimum Gasteiger partial charge on any atom is -0.378 e. The van der Waals surface area contributed by atoms with Crippen LogP contribution < -0.4 is 10.3 Å². The zero-order valence-electron chi connectivity index (χ0n) is 17.6. The molecule has 1 aliphatic heterocycles. The molecule has 7 heteroatoms. The molecule has 0 aliphatic carbocycles. The van der Waals surface area contributed by atoms with Crippen LogP contribution in [-0.4, -0.2) is 26.9 Å². The van der Waals surface area contributed by atoms with Gasteiger partial charge in [-0.05, 0) is 60.5 Å². The third-order valence-electron chi connectivity index (χ3n) is 5.29. The summed E-state index contributed by atoms with van der Waals surface area (Å²) >= 11 is 6.03. The first kappa shape index (κ1) is 21.4. The summed E-state index contributed by atoms with van der Waals surface area (Å²) in [5.74, 6) is 0. The van der Waals surface area contributed by atoms with Crippen LogP contribution in [0.2, 0.25) is 5.02 Å². The van der Waals surface area contributed by atoms with Gasteiger partial charge < -0.3 is 10.3 Å². The van der Waals surface area contributed by atoms with Crippen LogP contribution in [0.4, 0.5) is 5.69 Å². The number of rotatable bonds is 5. The van der Waals surface area contributed by atoms with Crippen molar-refractivity contribution in [2.24, 2.45) is 0 Å². The summed E-state index contributed by atoms with van der Waals surface area (Å²) in [5, 5.41) is 0.627. The second-order valence-electron chi connectivity index (χ2n) is 7.74. The Morgan fingerprint density at radius 2 is 1.52 bits per heavy atom. The Morgan fingerprint density at radius 3 is 2.10 bits per heavy atom. The Morgan fingerprint density at radius 1 is 0.903 bits per heavy atom. The number of hydrogen-bond donors (Lipinski definition) is 1. The topological polar surface area (TPSA) is 52.7 Å². The molecule has 5 nitrogen and oxygen atoms in total. The van der Waals surface area contributed by atoms with Crippen LogP contribution in [0.25, 0.3) is 5.70 Å². The Labute approximate surface area is 188 Å². The Balaban J connectivity index is 1.77. The van der Waals surface area contributed by atoms with Gasteiger partial charge in [0.25, 0.3) is 10.0 Å². The van der Waals surface area contributed by atoms with Crippen LogP contribution >= 0.6 is 11.6 Å². The average Bonchev–Trinajstić information content (AvgIpc) is 3.21. The summed E-state index contributed by atoms with van der Waals surface area (Å²) in [6.45, 7) is 1.93. The standard InChI is InChI=1S/C24H24ClN3O2S/c1-17-4-14-22(15-5-17)31(29,30)28-24(19-8-12-21(13-9-19)27(2)3)16-23(26-28)18-6-10-20(25)11-7-18/h4-16,24,26H,1-3H3/t24-/m0/s1. The molecule has 0 saturated carbocycles. The molecule has 3 aromatic carbocycles. The summed E-state index contributed by atoms with van der Waals surface area (Å²) in [5.41, 5.74) is 7.62. The molecule has 0 bridgehead atoms. The summed E-state index contributed by atoms with van der Waals surface area (Å²) in [4.78, 5) is 2.25. The molecule has 0 saturated heterocycles. The molecule has 0 spiro atoms. The third kappa shape index (κ3) is 4.32. The van der Waals surface area contributed by atoms with E-state index in [1.165, 1.54) is 4.41 Å². The summed E-state index contributed by atoms with van der Waals surface area (Å²) in [6, 6.07) is 21.6. The molecule has 3 aromatic rings. The fraction of sp³-hybridized carbons (Fsp3) is 0.167. The number of aryl methyl sites for hydroxylation is 1. The normalized spacial score (nSPS) is 16.6. The van der Waals surface area contributed by atoms with Gasteiger partial charge in [0, 0.05) is 24.8 Å². The Kier molecular flexibility index (Phi) is 5.79. The molecule has 1 N–H and O–H groups in total. The average molecular weight is 454 g/mol. The van der Waals surface area contributed by atoms with Crippen molar-refractivity contribution in [3.63, 3.8) is 0 Å². The predicted octanol–water partition coefficient (Wildman–Crippen LogP) is 5.01. The van der Waals surface area contributed by atoms with Gasteiger partial charge >= 0.3 is 0 Å². The van der Waals surface area contributed by atoms with E-state index in [0.717, 1.165) is 22.4 Å². The predicted molar refractivity (Wildman–Crippen MR) is 126 cm³/mol. The van der Waals surface area contributed by atoms with Gasteiger partial charge in [-0.1, -0.05) is 53.6 Å². The van der Waals surface area contributed by atoms with Gasteiger partial charge in [0.1, 0.15) is 0 Å². The molecule has 0 fully saturated rings. The molecule has 1 atom stereocenters. The van der Waals surface area contributed by atoms with E-state index in [1.807, 2.05) is 68.4 Å². The van der Waals surface area contributed by atoms with E-state index in [1.54, 1.807) is 36.4 Å². The fourth-order valence-electron chi connectivity index (χ4n) is 3.48. The van der Waals surface area contributed by atoms with Gasteiger partial charge in [0.15, 0.2) is 0 Å². The lowest BCUT2D eigenvalue weighted by Crippen LogP contribution is -2.39. The van der Waals surface area contributed by atoms with Crippen molar-refractivity contribution in [2.45, 2.75) is 17.9 Å². The molecule has 31 heavy (non-hydrogen) atoms. The van der Waals surface area contributed by atoms with Gasteiger partial charge in [0.05, 0.1) is 16.6 Å². The molecule has 4 rings (SSSR count). The zero-order chi connectivity index (χ0) is 22.2. The van der Waals surface area contributed by atoms with E-state index in [2.05, 4.69) is 5.43 Å². The van der Waals surface area contributed by atoms with Crippen molar-refractivity contribution < 1.29 is 8.42 Å². The van der Waals surface area contributed by atoms with Crippen molar-refractivity contribution in [3.05, 3.63) is 101 Å². The minimum absolute atomic E-state index is 0.242. The molecule has 0 amide bonds. The Bertz CT molecular complexity index is 1200. The molecule has 1 aliphatic rings. The third-order valence-corrected chi connectivity index (χ3v) is 7.25. The maximum absolute atomic E-state index is 13.5. The van der Waals surface area contributed by atoms with Crippen LogP contribution in [0.5, 0.6) is 0 Å². The maximum atomic E-state index is 13.5. The largest absolute Gasteiger partial charge is 0.378 e. The number of hydrogen-bond acceptors (Lipinski definition) is 4. The lowest BCUT2D eigenvalue weighted by atomic mass is 10.0.